The summed E-state index contributed by atoms with van der Waals surface area (Å²) in [6.07, 6.45) is 8.17. The summed E-state index contributed by atoms with van der Waals surface area (Å²) in [5.74, 6) is 1.44. The van der Waals surface area contributed by atoms with E-state index in [2.05, 4.69) is 46.7 Å². The van der Waals surface area contributed by atoms with Gasteiger partial charge < -0.3 is 18.9 Å². The monoisotopic (exact) mass is 645 g/mol. The fourth-order valence-corrected chi connectivity index (χ4v) is 20.9. The van der Waals surface area contributed by atoms with Gasteiger partial charge >= 0.3 is 5.97 Å². The van der Waals surface area contributed by atoms with Crippen LogP contribution in [-0.2, 0) is 20.7 Å². The maximum atomic E-state index is 11.8. The molecule has 1 saturated carbocycles. The molecule has 1 aliphatic carbocycles. The maximum absolute atomic E-state index is 11.8. The molecule has 1 aromatic rings. The molecular formula is C24H46NO5P7. The Morgan fingerprint density at radius 1 is 1.11 bits per heavy atom. The van der Waals surface area contributed by atoms with Gasteiger partial charge in [-0.1, -0.05) is 33.8 Å². The third-order valence-electron chi connectivity index (χ3n) is 6.62. The molecule has 0 spiro atoms. The second kappa shape index (κ2) is 19.4. The minimum atomic E-state index is -0.0595. The lowest BCUT2D eigenvalue weighted by Crippen LogP contribution is -2.46. The van der Waals surface area contributed by atoms with E-state index in [0.29, 0.717) is 19.1 Å². The van der Waals surface area contributed by atoms with Crippen molar-refractivity contribution in [1.82, 2.24) is 4.90 Å². The first-order valence-corrected chi connectivity index (χ1v) is 24.8. The molecule has 0 bridgehead atoms. The molecule has 1 aliphatic heterocycles. The predicted molar refractivity (Wildman–Crippen MR) is 177 cm³/mol. The third-order valence-corrected chi connectivity index (χ3v) is 37.1. The minimum Gasteiger partial charge on any atom is -0.493 e. The zero-order chi connectivity index (χ0) is 27.2. The Kier molecular flexibility index (Phi) is 18.0. The molecule has 0 aromatic heterocycles. The van der Waals surface area contributed by atoms with Crippen LogP contribution in [0, 0.1) is 0 Å². The summed E-state index contributed by atoms with van der Waals surface area (Å²) in [6, 6.07) is 6.47. The number of carbonyl (C=O) groups is 1. The van der Waals surface area contributed by atoms with Crippen LogP contribution in [0.5, 0.6) is 11.5 Å². The summed E-state index contributed by atoms with van der Waals surface area (Å²) in [5.41, 5.74) is 1.18. The molecule has 0 N–H and O–H groups in total. The number of methoxy groups -OCH3 is 2. The van der Waals surface area contributed by atoms with Crippen molar-refractivity contribution in [3.8, 4) is 11.5 Å². The lowest BCUT2D eigenvalue weighted by atomic mass is 9.91. The van der Waals surface area contributed by atoms with Gasteiger partial charge in [0.1, 0.15) is 6.10 Å². The molecule has 0 amide bonds. The van der Waals surface area contributed by atoms with Gasteiger partial charge in [0.05, 0.1) is 26.9 Å². The first-order valence-electron chi connectivity index (χ1n) is 12.9. The molecule has 1 heterocycles. The van der Waals surface area contributed by atoms with E-state index < -0.39 is 0 Å². The normalized spacial score (nSPS) is 23.1. The van der Waals surface area contributed by atoms with E-state index >= 15 is 0 Å². The molecule has 37 heavy (non-hydrogen) atoms. The standard InChI is InChI=1S/C24H37NO5.H9P7/c1-4-7-24(26)30-19-12-14-25(17-19)20-8-5-6-9-21(20)29-15-13-18-10-11-22(27-2)23(16-18)28-3;1-5-7(4)6(2)3/h10-11,16,19-21H,4-9,12-15,17H2,1-3H3;5H,1-4H2/t19-,20-,21-;/m1./s1. The number of carbonyl (C=O) groups excluding carboxylic acids is 1. The van der Waals surface area contributed by atoms with Crippen LogP contribution in [0.25, 0.3) is 0 Å². The summed E-state index contributed by atoms with van der Waals surface area (Å²) < 4.78 is 22.7. The smallest absolute Gasteiger partial charge is 0.306 e. The van der Waals surface area contributed by atoms with Crippen LogP contribution in [-0.4, -0.2) is 63.0 Å². The highest BCUT2D eigenvalue weighted by atomic mass is 33.0. The van der Waals surface area contributed by atoms with Crippen molar-refractivity contribution >= 4 is 63.6 Å². The Morgan fingerprint density at radius 2 is 1.84 bits per heavy atom. The summed E-state index contributed by atoms with van der Waals surface area (Å²) in [5, 5.41) is 0. The van der Waals surface area contributed by atoms with E-state index in [4.69, 9.17) is 18.9 Å². The topological polar surface area (TPSA) is 57.2 Å². The maximum Gasteiger partial charge on any atom is 0.306 e. The fourth-order valence-electron chi connectivity index (χ4n) is 4.72. The van der Waals surface area contributed by atoms with Crippen LogP contribution in [0.3, 0.4) is 0 Å². The van der Waals surface area contributed by atoms with Gasteiger partial charge in [0.25, 0.3) is 0 Å². The Labute approximate surface area is 237 Å². The Hall–Kier alpha value is 1.22. The molecular weight excluding hydrogens is 599 g/mol. The second-order valence-corrected chi connectivity index (χ2v) is 31.4. The fraction of sp³-hybridized carbons (Fsp3) is 0.708. The molecule has 212 valence electrons. The van der Waals surface area contributed by atoms with E-state index in [0.717, 1.165) is 64.7 Å². The SMILES string of the molecule is CCCC(=O)O[C@@H]1CCN([C@@H]2CCCC[C@H]2OCCc2ccc(OC)c(OC)c2)C1.PPP(P)P(P)P. The van der Waals surface area contributed by atoms with Crippen LogP contribution in [0.1, 0.15) is 57.4 Å². The summed E-state index contributed by atoms with van der Waals surface area (Å²) in [4.78, 5) is 14.3. The van der Waals surface area contributed by atoms with Gasteiger partial charge in [-0.2, -0.15) is 0 Å². The molecule has 1 saturated heterocycles. The lowest BCUT2D eigenvalue weighted by molar-refractivity contribution is -0.148. The van der Waals surface area contributed by atoms with Gasteiger partial charge in [-0.15, -0.1) is 35.7 Å². The zero-order valence-electron chi connectivity index (χ0n) is 22.4. The van der Waals surface area contributed by atoms with E-state index in [1.54, 1.807) is 14.2 Å². The number of likely N-dealkylation sites (tertiary alicyclic amines) is 1. The summed E-state index contributed by atoms with van der Waals surface area (Å²) >= 11 is 0. The highest BCUT2D eigenvalue weighted by molar-refractivity contribution is 8.98. The van der Waals surface area contributed by atoms with Crippen molar-refractivity contribution in [2.75, 3.05) is 33.9 Å². The van der Waals surface area contributed by atoms with E-state index in [9.17, 15) is 4.79 Å². The Balaban J connectivity index is 0.000000604. The van der Waals surface area contributed by atoms with Crippen LogP contribution >= 0.6 is 57.6 Å². The van der Waals surface area contributed by atoms with Crippen LogP contribution < -0.4 is 9.47 Å². The lowest BCUT2D eigenvalue weighted by Gasteiger charge is -2.37. The third kappa shape index (κ3) is 12.3. The molecule has 6 unspecified atom stereocenters. The molecule has 1 aromatic carbocycles. The van der Waals surface area contributed by atoms with Gasteiger partial charge in [-0.25, -0.2) is 0 Å². The van der Waals surface area contributed by atoms with Crippen LogP contribution in [0.2, 0.25) is 0 Å². The number of rotatable bonds is 12. The highest BCUT2D eigenvalue weighted by Gasteiger charge is 2.36. The second-order valence-electron chi connectivity index (χ2n) is 9.20. The van der Waals surface area contributed by atoms with Gasteiger partial charge in [-0.05, 0) is 63.8 Å². The number of hydrogen-bond donors (Lipinski definition) is 0. The minimum absolute atomic E-state index is 0.0402. The molecule has 9 atom stereocenters. The molecule has 6 nitrogen and oxygen atoms in total. The first-order chi connectivity index (χ1) is 17.8. The zero-order valence-corrected chi connectivity index (χ0v) is 29.8. The van der Waals surface area contributed by atoms with Crippen molar-refractivity contribution < 1.29 is 23.7 Å². The molecule has 0 radical (unpaired) electrons. The van der Waals surface area contributed by atoms with Crippen molar-refractivity contribution in [2.45, 2.75) is 76.5 Å². The highest BCUT2D eigenvalue weighted by Crippen LogP contribution is 2.92. The van der Waals surface area contributed by atoms with Gasteiger partial charge in [0, 0.05) is 25.6 Å². The first kappa shape index (κ1) is 34.4. The summed E-state index contributed by atoms with van der Waals surface area (Å²) in [6.45, 7) is 4.99. The Bertz CT molecular complexity index is 807. The quantitative estimate of drug-likeness (QED) is 0.172. The average Bonchev–Trinajstić information content (AvgIpc) is 3.36. The molecule has 2 aliphatic rings. The van der Waals surface area contributed by atoms with E-state index in [-0.39, 0.29) is 32.2 Å². The van der Waals surface area contributed by atoms with Crippen LogP contribution in [0.15, 0.2) is 18.2 Å². The van der Waals surface area contributed by atoms with Crippen molar-refractivity contribution in [3.63, 3.8) is 0 Å². The van der Waals surface area contributed by atoms with E-state index in [1.165, 1.54) is 18.4 Å². The number of hydrogen-bond acceptors (Lipinski definition) is 6. The number of benzene rings is 1. The number of ether oxygens (including phenoxy) is 4. The predicted octanol–water partition coefficient (Wildman–Crippen LogP) is 7.61. The van der Waals surface area contributed by atoms with Crippen LogP contribution in [0.4, 0.5) is 0 Å². The largest absolute Gasteiger partial charge is 0.493 e. The average molecular weight is 645 g/mol. The molecule has 2 fully saturated rings. The molecule has 3 rings (SSSR count). The molecule has 13 heteroatoms. The Morgan fingerprint density at radius 3 is 2.46 bits per heavy atom. The van der Waals surface area contributed by atoms with Crippen molar-refractivity contribution in [2.24, 2.45) is 0 Å². The van der Waals surface area contributed by atoms with Crippen molar-refractivity contribution in [1.29, 1.82) is 0 Å². The number of nitrogens with zero attached hydrogens (tertiary/aromatic N) is 1. The van der Waals surface area contributed by atoms with Gasteiger partial charge in [-0.3, -0.25) is 9.69 Å². The summed E-state index contributed by atoms with van der Waals surface area (Å²) in [7, 11) is 15.7. The van der Waals surface area contributed by atoms with E-state index in [1.807, 2.05) is 19.1 Å². The van der Waals surface area contributed by atoms with Gasteiger partial charge in [0.2, 0.25) is 0 Å². The number of esters is 1. The van der Waals surface area contributed by atoms with Gasteiger partial charge in [0.15, 0.2) is 11.5 Å². The van der Waals surface area contributed by atoms with Crippen molar-refractivity contribution in [3.05, 3.63) is 23.8 Å².